The summed E-state index contributed by atoms with van der Waals surface area (Å²) in [5.74, 6) is -0.752. The number of carbonyl (C=O) groups excluding carboxylic acids is 1. The Morgan fingerprint density at radius 1 is 1.21 bits per heavy atom. The van der Waals surface area contributed by atoms with Crippen molar-refractivity contribution in [3.05, 3.63) is 58.0 Å². The first-order valence-corrected chi connectivity index (χ1v) is 8.94. The summed E-state index contributed by atoms with van der Waals surface area (Å²) in [4.78, 5) is 12.0. The number of alkyl halides is 3. The van der Waals surface area contributed by atoms with Crippen molar-refractivity contribution in [1.82, 2.24) is 5.32 Å². The highest BCUT2D eigenvalue weighted by molar-refractivity contribution is 8.05. The molecule has 1 aliphatic heterocycles. The van der Waals surface area contributed by atoms with Gasteiger partial charge >= 0.3 is 6.18 Å². The lowest BCUT2D eigenvalue weighted by molar-refractivity contribution is -0.138. The van der Waals surface area contributed by atoms with E-state index in [9.17, 15) is 23.1 Å². The first kappa shape index (κ1) is 20.6. The van der Waals surface area contributed by atoms with E-state index in [0.717, 1.165) is 17.8 Å². The van der Waals surface area contributed by atoms with Crippen molar-refractivity contribution >= 4 is 23.7 Å². The number of carbonyl (C=O) groups is 1. The zero-order valence-electron chi connectivity index (χ0n) is 14.8. The monoisotopic (exact) mass is 422 g/mol. The quantitative estimate of drug-likeness (QED) is 0.728. The number of aliphatic hydroxyl groups excluding tert-OH is 1. The molecule has 1 aliphatic rings. The molecule has 0 bridgehead atoms. The van der Waals surface area contributed by atoms with Crippen molar-refractivity contribution in [2.75, 3.05) is 7.11 Å². The first-order valence-electron chi connectivity index (χ1n) is 8.06. The van der Waals surface area contributed by atoms with Gasteiger partial charge in [-0.15, -0.1) is 0 Å². The number of methoxy groups -OCH3 is 1. The Balaban J connectivity index is 1.94. The van der Waals surface area contributed by atoms with Crippen LogP contribution >= 0.6 is 11.8 Å². The van der Waals surface area contributed by atoms with Gasteiger partial charge in [0.25, 0.3) is 5.91 Å². The second-order valence-electron chi connectivity index (χ2n) is 5.79. The SMILES string of the molecule is COc1cc(/C=C2\SC(O)NC2=O)ccc1Oc1ccc(C#N)cc1C(F)(F)F. The topological polar surface area (TPSA) is 91.6 Å². The van der Waals surface area contributed by atoms with Crippen LogP contribution in [0.1, 0.15) is 16.7 Å². The summed E-state index contributed by atoms with van der Waals surface area (Å²) in [5, 5.41) is 20.6. The molecule has 1 heterocycles. The van der Waals surface area contributed by atoms with Crippen LogP contribution in [0.15, 0.2) is 41.3 Å². The summed E-state index contributed by atoms with van der Waals surface area (Å²) in [5.41, 5.74) is -1.74. The van der Waals surface area contributed by atoms with Crippen LogP contribution in [0.2, 0.25) is 0 Å². The van der Waals surface area contributed by atoms with Gasteiger partial charge in [-0.3, -0.25) is 4.79 Å². The van der Waals surface area contributed by atoms with Crippen LogP contribution in [-0.4, -0.2) is 23.7 Å². The number of halogens is 3. The number of hydrogen-bond donors (Lipinski definition) is 2. The molecule has 0 spiro atoms. The van der Waals surface area contributed by atoms with Gasteiger partial charge in [0.05, 0.1) is 29.2 Å². The lowest BCUT2D eigenvalue weighted by Crippen LogP contribution is -2.23. The average Bonchev–Trinajstić information content (AvgIpc) is 2.99. The number of nitriles is 1. The third kappa shape index (κ3) is 4.64. The zero-order chi connectivity index (χ0) is 21.2. The van der Waals surface area contributed by atoms with E-state index in [2.05, 4.69) is 5.32 Å². The van der Waals surface area contributed by atoms with Crippen molar-refractivity contribution in [3.8, 4) is 23.3 Å². The van der Waals surface area contributed by atoms with Crippen LogP contribution in [-0.2, 0) is 11.0 Å². The molecule has 6 nitrogen and oxygen atoms in total. The van der Waals surface area contributed by atoms with E-state index in [-0.39, 0.29) is 22.0 Å². The summed E-state index contributed by atoms with van der Waals surface area (Å²) in [6, 6.07) is 9.07. The van der Waals surface area contributed by atoms with Crippen LogP contribution in [0.4, 0.5) is 13.2 Å². The van der Waals surface area contributed by atoms with E-state index in [1.165, 1.54) is 37.5 Å². The normalized spacial score (nSPS) is 17.7. The number of ether oxygens (including phenoxy) is 2. The van der Waals surface area contributed by atoms with Crippen LogP contribution in [0.5, 0.6) is 17.2 Å². The molecule has 0 saturated carbocycles. The van der Waals surface area contributed by atoms with E-state index in [1.54, 1.807) is 6.07 Å². The van der Waals surface area contributed by atoms with Crippen molar-refractivity contribution < 1.29 is 32.5 Å². The molecule has 2 aromatic rings. The van der Waals surface area contributed by atoms with E-state index in [1.807, 2.05) is 0 Å². The van der Waals surface area contributed by atoms with Gasteiger partial charge < -0.3 is 19.9 Å². The molecular weight excluding hydrogens is 409 g/mol. The van der Waals surface area contributed by atoms with Gasteiger partial charge in [0, 0.05) is 0 Å². The lowest BCUT2D eigenvalue weighted by Gasteiger charge is -2.16. The molecule has 10 heteroatoms. The van der Waals surface area contributed by atoms with E-state index in [4.69, 9.17) is 14.7 Å². The summed E-state index contributed by atoms with van der Waals surface area (Å²) in [6.45, 7) is 0. The van der Waals surface area contributed by atoms with E-state index in [0.29, 0.717) is 11.6 Å². The molecule has 0 radical (unpaired) electrons. The van der Waals surface area contributed by atoms with Gasteiger partial charge in [0.2, 0.25) is 0 Å². The third-order valence-corrected chi connectivity index (χ3v) is 4.73. The molecule has 0 aromatic heterocycles. The number of nitrogens with one attached hydrogen (secondary N) is 1. The molecule has 1 amide bonds. The predicted octanol–water partition coefficient (Wildman–Crippen LogP) is 3.86. The average molecular weight is 422 g/mol. The van der Waals surface area contributed by atoms with Gasteiger partial charge in [0.1, 0.15) is 5.75 Å². The molecular formula is C19H13F3N2O4S. The second-order valence-corrected chi connectivity index (χ2v) is 6.91. The summed E-state index contributed by atoms with van der Waals surface area (Å²) < 4.78 is 50.6. The van der Waals surface area contributed by atoms with Crippen molar-refractivity contribution in [2.24, 2.45) is 0 Å². The van der Waals surface area contributed by atoms with Gasteiger partial charge in [-0.05, 0) is 42.0 Å². The Bertz CT molecular complexity index is 1030. The molecule has 1 atom stereocenters. The molecule has 2 aromatic carbocycles. The second kappa shape index (κ2) is 8.06. The maximum Gasteiger partial charge on any atom is 0.420 e. The number of rotatable bonds is 4. The Morgan fingerprint density at radius 3 is 2.52 bits per heavy atom. The van der Waals surface area contributed by atoms with E-state index < -0.39 is 29.0 Å². The maximum atomic E-state index is 13.3. The highest BCUT2D eigenvalue weighted by atomic mass is 32.2. The standard InChI is InChI=1S/C19H13F3N2O4S/c1-27-15-7-10(8-16-17(25)24-18(26)29-16)2-5-14(15)28-13-4-3-11(9-23)6-12(13)19(20,21)22/h2-8,18,26H,1H3,(H,24,25)/b16-8-. The third-order valence-electron chi connectivity index (χ3n) is 3.84. The molecule has 0 aliphatic carbocycles. The highest BCUT2D eigenvalue weighted by Crippen LogP contribution is 2.41. The van der Waals surface area contributed by atoms with Crippen molar-refractivity contribution in [3.63, 3.8) is 0 Å². The minimum atomic E-state index is -4.71. The molecule has 2 N–H and O–H groups in total. The summed E-state index contributed by atoms with van der Waals surface area (Å²) in [7, 11) is 1.32. The highest BCUT2D eigenvalue weighted by Gasteiger charge is 2.35. The van der Waals surface area contributed by atoms with E-state index >= 15 is 0 Å². The fourth-order valence-corrected chi connectivity index (χ4v) is 3.30. The zero-order valence-corrected chi connectivity index (χ0v) is 15.6. The maximum absolute atomic E-state index is 13.3. The fraction of sp³-hybridized carbons (Fsp3) is 0.158. The van der Waals surface area contributed by atoms with Gasteiger partial charge in [0.15, 0.2) is 17.1 Å². The number of benzene rings is 2. The van der Waals surface area contributed by atoms with Crippen LogP contribution < -0.4 is 14.8 Å². The molecule has 1 saturated heterocycles. The number of thioether (sulfide) groups is 1. The Kier molecular flexibility index (Phi) is 5.72. The van der Waals surface area contributed by atoms with Crippen LogP contribution in [0.25, 0.3) is 6.08 Å². The predicted molar refractivity (Wildman–Crippen MR) is 98.9 cm³/mol. The fourth-order valence-electron chi connectivity index (χ4n) is 2.52. The summed E-state index contributed by atoms with van der Waals surface area (Å²) in [6.07, 6.45) is -3.21. The van der Waals surface area contributed by atoms with Gasteiger partial charge in [-0.1, -0.05) is 17.8 Å². The van der Waals surface area contributed by atoms with Crippen LogP contribution in [0, 0.1) is 11.3 Å². The number of nitrogens with zero attached hydrogens (tertiary/aromatic N) is 1. The first-order chi connectivity index (χ1) is 13.7. The minimum Gasteiger partial charge on any atom is -0.493 e. The van der Waals surface area contributed by atoms with Gasteiger partial charge in [-0.2, -0.15) is 18.4 Å². The lowest BCUT2D eigenvalue weighted by atomic mass is 10.1. The summed E-state index contributed by atoms with van der Waals surface area (Å²) >= 11 is 0.929. The van der Waals surface area contributed by atoms with Crippen molar-refractivity contribution in [1.29, 1.82) is 5.26 Å². The number of hydrogen-bond acceptors (Lipinski definition) is 6. The number of amides is 1. The molecule has 1 unspecified atom stereocenters. The molecule has 1 fully saturated rings. The molecule has 29 heavy (non-hydrogen) atoms. The minimum absolute atomic E-state index is 0.0217. The Labute approximate surface area is 167 Å². The van der Waals surface area contributed by atoms with Crippen LogP contribution in [0.3, 0.4) is 0 Å². The molecule has 150 valence electrons. The smallest absolute Gasteiger partial charge is 0.420 e. The Hall–Kier alpha value is -3.16. The van der Waals surface area contributed by atoms with Crippen molar-refractivity contribution in [2.45, 2.75) is 11.7 Å². The largest absolute Gasteiger partial charge is 0.493 e. The Morgan fingerprint density at radius 2 is 1.93 bits per heavy atom. The molecule has 3 rings (SSSR count). The van der Waals surface area contributed by atoms with Gasteiger partial charge in [-0.25, -0.2) is 0 Å². The number of aliphatic hydroxyl groups is 1.